The fourth-order valence-corrected chi connectivity index (χ4v) is 3.64. The molecule has 1 aromatic rings. The minimum Gasteiger partial charge on any atom is -0.368 e. The van der Waals surface area contributed by atoms with Gasteiger partial charge in [-0.15, -0.1) is 0 Å². The summed E-state index contributed by atoms with van der Waals surface area (Å²) in [7, 11) is 2.10. The molecule has 1 aliphatic carbocycles. The highest BCUT2D eigenvalue weighted by atomic mass is 15.2. The Morgan fingerprint density at radius 2 is 2.17 bits per heavy atom. The number of aryl methyl sites for hydroxylation is 2. The number of hydrogen-bond acceptors (Lipinski definition) is 2. The highest BCUT2D eigenvalue weighted by Crippen LogP contribution is 2.34. The highest BCUT2D eigenvalue weighted by molar-refractivity contribution is 5.57. The van der Waals surface area contributed by atoms with Crippen molar-refractivity contribution in [3.63, 3.8) is 0 Å². The Bertz CT molecular complexity index is 427. The van der Waals surface area contributed by atoms with Gasteiger partial charge in [-0.2, -0.15) is 0 Å². The molecule has 98 valence electrons. The van der Waals surface area contributed by atoms with E-state index in [0.717, 1.165) is 12.1 Å². The molecule has 0 amide bonds. The van der Waals surface area contributed by atoms with Gasteiger partial charge in [-0.3, -0.25) is 0 Å². The van der Waals surface area contributed by atoms with Gasteiger partial charge in [0.2, 0.25) is 0 Å². The molecular weight excluding hydrogens is 220 g/mol. The van der Waals surface area contributed by atoms with Gasteiger partial charge in [0.25, 0.3) is 0 Å². The van der Waals surface area contributed by atoms with Crippen molar-refractivity contribution in [3.05, 3.63) is 29.3 Å². The summed E-state index contributed by atoms with van der Waals surface area (Å²) in [6.07, 6.45) is 6.56. The van der Waals surface area contributed by atoms with Crippen LogP contribution in [0.5, 0.6) is 0 Å². The lowest BCUT2D eigenvalue weighted by Crippen LogP contribution is -2.38. The van der Waals surface area contributed by atoms with Gasteiger partial charge < -0.3 is 10.2 Å². The summed E-state index contributed by atoms with van der Waals surface area (Å²) in [6, 6.07) is 8.47. The van der Waals surface area contributed by atoms with Crippen LogP contribution in [0, 0.1) is 6.92 Å². The standard InChI is InChI=1S/C16H24N2/c1-12-5-8-16-13(10-12)4-3-9-18(16)15-7-6-14(11-15)17-2/h5,8,10,14-15,17H,3-4,6-7,9,11H2,1-2H3. The Morgan fingerprint density at radius 3 is 2.94 bits per heavy atom. The summed E-state index contributed by atoms with van der Waals surface area (Å²) < 4.78 is 0. The second kappa shape index (κ2) is 4.93. The van der Waals surface area contributed by atoms with Gasteiger partial charge in [-0.1, -0.05) is 17.7 Å². The third-order valence-corrected chi connectivity index (χ3v) is 4.64. The van der Waals surface area contributed by atoms with Gasteiger partial charge in [0.1, 0.15) is 0 Å². The molecule has 18 heavy (non-hydrogen) atoms. The summed E-state index contributed by atoms with van der Waals surface area (Å²) in [5.41, 5.74) is 4.47. The van der Waals surface area contributed by atoms with Crippen LogP contribution in [0.25, 0.3) is 0 Å². The third-order valence-electron chi connectivity index (χ3n) is 4.64. The van der Waals surface area contributed by atoms with Crippen molar-refractivity contribution in [3.8, 4) is 0 Å². The number of nitrogens with one attached hydrogen (secondary N) is 1. The van der Waals surface area contributed by atoms with Crippen LogP contribution >= 0.6 is 0 Å². The number of fused-ring (bicyclic) bond motifs is 1. The fraction of sp³-hybridized carbons (Fsp3) is 0.625. The van der Waals surface area contributed by atoms with E-state index >= 15 is 0 Å². The molecule has 0 aromatic heterocycles. The number of benzene rings is 1. The topological polar surface area (TPSA) is 15.3 Å². The maximum Gasteiger partial charge on any atom is 0.0401 e. The van der Waals surface area contributed by atoms with Crippen LogP contribution in [0.3, 0.4) is 0 Å². The Kier molecular flexibility index (Phi) is 3.29. The Labute approximate surface area is 110 Å². The minimum absolute atomic E-state index is 0.728. The van der Waals surface area contributed by atoms with Crippen molar-refractivity contribution in [1.82, 2.24) is 5.32 Å². The van der Waals surface area contributed by atoms with E-state index in [0.29, 0.717) is 0 Å². The van der Waals surface area contributed by atoms with E-state index in [1.165, 1.54) is 49.9 Å². The van der Waals surface area contributed by atoms with E-state index in [-0.39, 0.29) is 0 Å². The summed E-state index contributed by atoms with van der Waals surface area (Å²) in [4.78, 5) is 2.68. The first kappa shape index (κ1) is 12.0. The van der Waals surface area contributed by atoms with E-state index in [2.05, 4.69) is 42.4 Å². The van der Waals surface area contributed by atoms with Crippen LogP contribution in [0.15, 0.2) is 18.2 Å². The summed E-state index contributed by atoms with van der Waals surface area (Å²) >= 11 is 0. The Morgan fingerprint density at radius 1 is 1.28 bits per heavy atom. The molecular formula is C16H24N2. The zero-order valence-corrected chi connectivity index (χ0v) is 11.6. The van der Waals surface area contributed by atoms with Crippen LogP contribution in [0.1, 0.15) is 36.8 Å². The molecule has 0 spiro atoms. The van der Waals surface area contributed by atoms with Gasteiger partial charge in [-0.05, 0) is 57.7 Å². The second-order valence-electron chi connectivity index (χ2n) is 5.88. The Balaban J connectivity index is 1.83. The molecule has 2 atom stereocenters. The lowest BCUT2D eigenvalue weighted by molar-refractivity contribution is 0.537. The average molecular weight is 244 g/mol. The summed E-state index contributed by atoms with van der Waals surface area (Å²) in [5, 5.41) is 3.44. The molecule has 0 bridgehead atoms. The second-order valence-corrected chi connectivity index (χ2v) is 5.88. The molecule has 2 nitrogen and oxygen atoms in total. The van der Waals surface area contributed by atoms with Crippen molar-refractivity contribution >= 4 is 5.69 Å². The lowest BCUT2D eigenvalue weighted by atomic mass is 9.97. The maximum absolute atomic E-state index is 3.44. The number of rotatable bonds is 2. The minimum atomic E-state index is 0.728. The van der Waals surface area contributed by atoms with E-state index < -0.39 is 0 Å². The number of nitrogens with zero attached hydrogens (tertiary/aromatic N) is 1. The zero-order chi connectivity index (χ0) is 12.5. The molecule has 2 unspecified atom stereocenters. The summed E-state index contributed by atoms with van der Waals surface area (Å²) in [6.45, 7) is 3.45. The predicted molar refractivity (Wildman–Crippen MR) is 77.3 cm³/mol. The molecule has 1 fully saturated rings. The first-order chi connectivity index (χ1) is 8.78. The van der Waals surface area contributed by atoms with E-state index in [1.54, 1.807) is 5.56 Å². The van der Waals surface area contributed by atoms with Gasteiger partial charge >= 0.3 is 0 Å². The molecule has 1 heterocycles. The van der Waals surface area contributed by atoms with Crippen molar-refractivity contribution in [2.75, 3.05) is 18.5 Å². The zero-order valence-electron chi connectivity index (χ0n) is 11.6. The first-order valence-corrected chi connectivity index (χ1v) is 7.31. The fourth-order valence-electron chi connectivity index (χ4n) is 3.64. The van der Waals surface area contributed by atoms with Gasteiger partial charge in [0, 0.05) is 24.3 Å². The molecule has 1 aliphatic heterocycles. The smallest absolute Gasteiger partial charge is 0.0401 e. The number of anilines is 1. The van der Waals surface area contributed by atoms with Crippen LogP contribution in [-0.4, -0.2) is 25.7 Å². The largest absolute Gasteiger partial charge is 0.368 e. The van der Waals surface area contributed by atoms with Gasteiger partial charge in [0.15, 0.2) is 0 Å². The SMILES string of the molecule is CNC1CCC(N2CCCc3cc(C)ccc32)C1. The predicted octanol–water partition coefficient (Wildman–Crippen LogP) is 2.89. The quantitative estimate of drug-likeness (QED) is 0.860. The molecule has 2 heteroatoms. The van der Waals surface area contributed by atoms with Gasteiger partial charge in [0.05, 0.1) is 0 Å². The molecule has 1 aromatic carbocycles. The normalized spacial score (nSPS) is 27.3. The summed E-state index contributed by atoms with van der Waals surface area (Å²) in [5.74, 6) is 0. The van der Waals surface area contributed by atoms with Crippen molar-refractivity contribution in [2.45, 2.75) is 51.1 Å². The van der Waals surface area contributed by atoms with Crippen LogP contribution in [0.4, 0.5) is 5.69 Å². The van der Waals surface area contributed by atoms with Gasteiger partial charge in [-0.25, -0.2) is 0 Å². The molecule has 2 aliphatic rings. The van der Waals surface area contributed by atoms with Crippen LogP contribution in [-0.2, 0) is 6.42 Å². The molecule has 0 radical (unpaired) electrons. The first-order valence-electron chi connectivity index (χ1n) is 7.31. The number of hydrogen-bond donors (Lipinski definition) is 1. The lowest BCUT2D eigenvalue weighted by Gasteiger charge is -2.36. The van der Waals surface area contributed by atoms with Crippen LogP contribution < -0.4 is 10.2 Å². The Hall–Kier alpha value is -1.02. The average Bonchev–Trinajstić information content (AvgIpc) is 2.86. The third kappa shape index (κ3) is 2.14. The van der Waals surface area contributed by atoms with E-state index in [1.807, 2.05) is 0 Å². The molecule has 1 saturated carbocycles. The van der Waals surface area contributed by atoms with E-state index in [9.17, 15) is 0 Å². The van der Waals surface area contributed by atoms with Crippen LogP contribution in [0.2, 0.25) is 0 Å². The van der Waals surface area contributed by atoms with Crippen molar-refractivity contribution in [1.29, 1.82) is 0 Å². The highest BCUT2D eigenvalue weighted by Gasteiger charge is 2.30. The maximum atomic E-state index is 3.44. The molecule has 3 rings (SSSR count). The monoisotopic (exact) mass is 244 g/mol. The molecule has 0 saturated heterocycles. The van der Waals surface area contributed by atoms with E-state index in [4.69, 9.17) is 0 Å². The molecule has 1 N–H and O–H groups in total. The van der Waals surface area contributed by atoms with Crippen molar-refractivity contribution < 1.29 is 0 Å². The van der Waals surface area contributed by atoms with Crippen molar-refractivity contribution in [2.24, 2.45) is 0 Å².